The minimum absolute atomic E-state index is 0.00858. The summed E-state index contributed by atoms with van der Waals surface area (Å²) in [5, 5.41) is 0.0636. The molecule has 3 aromatic rings. The molecule has 0 bridgehead atoms. The number of rotatable bonds is 7. The fourth-order valence-corrected chi connectivity index (χ4v) is 5.61. The Morgan fingerprint density at radius 3 is 2.28 bits per heavy atom. The molecule has 1 amide bonds. The van der Waals surface area contributed by atoms with Crippen LogP contribution in [0.3, 0.4) is 0 Å². The number of carbonyl (C=O) groups is 1. The topological polar surface area (TPSA) is 61.8 Å². The molecule has 0 saturated carbocycles. The van der Waals surface area contributed by atoms with E-state index in [1.165, 1.54) is 0 Å². The number of alkyl halides is 3. The minimum atomic E-state index is -4.58. The van der Waals surface area contributed by atoms with Crippen LogP contribution in [0.2, 0.25) is 0 Å². The van der Waals surface area contributed by atoms with Gasteiger partial charge in [-0.05, 0) is 54.8 Å². The zero-order valence-electron chi connectivity index (χ0n) is 21.7. The van der Waals surface area contributed by atoms with Gasteiger partial charge in [0.05, 0.1) is 7.11 Å². The van der Waals surface area contributed by atoms with Crippen LogP contribution in [0.1, 0.15) is 34.5 Å². The quantitative estimate of drug-likeness (QED) is 0.286. The first kappa shape index (κ1) is 27.1. The van der Waals surface area contributed by atoms with Gasteiger partial charge in [0, 0.05) is 62.3 Å². The molecular weight excluding hydrogens is 527 g/mol. The van der Waals surface area contributed by atoms with Gasteiger partial charge in [0.15, 0.2) is 10.9 Å². The standard InChI is InChI=1S/C28H30F3N5O2S/c1-38-23-9-7-22(8-10-23)34-13-15-35(16-14-34)25-18-24(28(29,30)31)32-27(33-25)39-19-20-5-4-6-21(17-20)26(37)36-11-2-3-12-36/h4-10,17-18H,2-3,11-16,19H2,1H3. The Bertz CT molecular complexity index is 1290. The summed E-state index contributed by atoms with van der Waals surface area (Å²) in [5.74, 6) is 1.39. The molecule has 2 aromatic carbocycles. The van der Waals surface area contributed by atoms with E-state index in [1.807, 2.05) is 40.1 Å². The second-order valence-electron chi connectivity index (χ2n) is 9.55. The number of thioether (sulfide) groups is 1. The van der Waals surface area contributed by atoms with Gasteiger partial charge in [0.25, 0.3) is 5.91 Å². The Morgan fingerprint density at radius 2 is 1.62 bits per heavy atom. The number of hydrogen-bond donors (Lipinski definition) is 0. The SMILES string of the molecule is COc1ccc(N2CCN(c3cc(C(F)(F)F)nc(SCc4cccc(C(=O)N5CCCC5)c4)n3)CC2)cc1. The zero-order valence-corrected chi connectivity index (χ0v) is 22.5. The summed E-state index contributed by atoms with van der Waals surface area (Å²) in [7, 11) is 1.62. The molecule has 0 spiro atoms. The number of carbonyl (C=O) groups excluding carboxylic acids is 1. The molecule has 2 fully saturated rings. The molecule has 2 aliphatic heterocycles. The number of aromatic nitrogens is 2. The van der Waals surface area contributed by atoms with Crippen molar-refractivity contribution in [2.45, 2.75) is 29.9 Å². The lowest BCUT2D eigenvalue weighted by molar-refractivity contribution is -0.141. The summed E-state index contributed by atoms with van der Waals surface area (Å²) in [6, 6.07) is 16.0. The van der Waals surface area contributed by atoms with Crippen molar-refractivity contribution in [3.8, 4) is 5.75 Å². The summed E-state index contributed by atoms with van der Waals surface area (Å²) in [6.45, 7) is 3.88. The number of nitrogens with zero attached hydrogens (tertiary/aromatic N) is 5. The molecule has 0 atom stereocenters. The van der Waals surface area contributed by atoms with Gasteiger partial charge in [-0.15, -0.1) is 0 Å². The van der Waals surface area contributed by atoms with E-state index in [2.05, 4.69) is 14.9 Å². The maximum absolute atomic E-state index is 13.7. The fourth-order valence-electron chi connectivity index (χ4n) is 4.82. The molecule has 2 aliphatic rings. The van der Waals surface area contributed by atoms with Gasteiger partial charge in [-0.2, -0.15) is 13.2 Å². The van der Waals surface area contributed by atoms with Crippen molar-refractivity contribution >= 4 is 29.2 Å². The molecule has 5 rings (SSSR count). The number of amides is 1. The third kappa shape index (κ3) is 6.58. The average molecular weight is 558 g/mol. The van der Waals surface area contributed by atoms with Crippen molar-refractivity contribution in [2.24, 2.45) is 0 Å². The highest BCUT2D eigenvalue weighted by Crippen LogP contribution is 2.33. The Hall–Kier alpha value is -3.47. The highest BCUT2D eigenvalue weighted by atomic mass is 32.2. The van der Waals surface area contributed by atoms with Gasteiger partial charge in [-0.25, -0.2) is 9.97 Å². The predicted octanol–water partition coefficient (Wildman–Crippen LogP) is 5.36. The number of halogens is 3. The molecule has 2 saturated heterocycles. The van der Waals surface area contributed by atoms with Crippen molar-refractivity contribution < 1.29 is 22.7 Å². The van der Waals surface area contributed by atoms with Crippen LogP contribution >= 0.6 is 11.8 Å². The van der Waals surface area contributed by atoms with Crippen molar-refractivity contribution in [2.75, 3.05) is 56.2 Å². The Kier molecular flexibility index (Phi) is 8.15. The Morgan fingerprint density at radius 1 is 0.923 bits per heavy atom. The van der Waals surface area contributed by atoms with Crippen LogP contribution in [0.15, 0.2) is 59.8 Å². The maximum Gasteiger partial charge on any atom is 0.433 e. The second kappa shape index (κ2) is 11.7. The van der Waals surface area contributed by atoms with Crippen molar-refractivity contribution in [1.29, 1.82) is 0 Å². The smallest absolute Gasteiger partial charge is 0.433 e. The molecule has 0 N–H and O–H groups in total. The molecule has 206 valence electrons. The number of anilines is 2. The predicted molar refractivity (Wildman–Crippen MR) is 146 cm³/mol. The summed E-state index contributed by atoms with van der Waals surface area (Å²) in [5.41, 5.74) is 1.51. The van der Waals surface area contributed by atoms with E-state index in [9.17, 15) is 18.0 Å². The lowest BCUT2D eigenvalue weighted by atomic mass is 10.1. The van der Waals surface area contributed by atoms with Gasteiger partial charge in [0.2, 0.25) is 0 Å². The third-order valence-electron chi connectivity index (χ3n) is 6.96. The summed E-state index contributed by atoms with van der Waals surface area (Å²) < 4.78 is 46.4. The van der Waals surface area contributed by atoms with Crippen LogP contribution in [-0.2, 0) is 11.9 Å². The lowest BCUT2D eigenvalue weighted by Crippen LogP contribution is -2.47. The first-order valence-electron chi connectivity index (χ1n) is 12.9. The molecule has 7 nitrogen and oxygen atoms in total. The van der Waals surface area contributed by atoms with Gasteiger partial charge in [-0.3, -0.25) is 4.79 Å². The van der Waals surface area contributed by atoms with Crippen LogP contribution in [0, 0.1) is 0 Å². The number of piperazine rings is 1. The normalized spacial score (nSPS) is 16.1. The molecular formula is C28H30F3N5O2S. The van der Waals surface area contributed by atoms with E-state index in [1.54, 1.807) is 25.3 Å². The number of hydrogen-bond acceptors (Lipinski definition) is 7. The molecule has 11 heteroatoms. The van der Waals surface area contributed by atoms with E-state index in [0.29, 0.717) is 37.5 Å². The summed E-state index contributed by atoms with van der Waals surface area (Å²) >= 11 is 1.14. The third-order valence-corrected chi connectivity index (χ3v) is 7.88. The summed E-state index contributed by atoms with van der Waals surface area (Å²) in [6.07, 6.45) is -2.57. The number of likely N-dealkylation sites (tertiary alicyclic amines) is 1. The van der Waals surface area contributed by atoms with Gasteiger partial charge >= 0.3 is 6.18 Å². The van der Waals surface area contributed by atoms with Crippen LogP contribution in [0.25, 0.3) is 0 Å². The largest absolute Gasteiger partial charge is 0.497 e. The molecule has 0 radical (unpaired) electrons. The number of ether oxygens (including phenoxy) is 1. The van der Waals surface area contributed by atoms with E-state index >= 15 is 0 Å². The molecule has 3 heterocycles. The van der Waals surface area contributed by atoms with Crippen LogP contribution < -0.4 is 14.5 Å². The maximum atomic E-state index is 13.7. The first-order valence-corrected chi connectivity index (χ1v) is 13.9. The highest BCUT2D eigenvalue weighted by Gasteiger charge is 2.34. The van der Waals surface area contributed by atoms with E-state index < -0.39 is 11.9 Å². The molecule has 0 unspecified atom stereocenters. The van der Waals surface area contributed by atoms with E-state index in [0.717, 1.165) is 60.8 Å². The van der Waals surface area contributed by atoms with Crippen molar-refractivity contribution in [1.82, 2.24) is 14.9 Å². The monoisotopic (exact) mass is 557 g/mol. The fraction of sp³-hybridized carbons (Fsp3) is 0.393. The number of methoxy groups -OCH3 is 1. The second-order valence-corrected chi connectivity index (χ2v) is 10.5. The molecule has 1 aromatic heterocycles. The lowest BCUT2D eigenvalue weighted by Gasteiger charge is -2.37. The highest BCUT2D eigenvalue weighted by molar-refractivity contribution is 7.98. The minimum Gasteiger partial charge on any atom is -0.497 e. The van der Waals surface area contributed by atoms with Gasteiger partial charge < -0.3 is 19.4 Å². The Labute approximate surface area is 230 Å². The van der Waals surface area contributed by atoms with Crippen LogP contribution in [0.4, 0.5) is 24.7 Å². The van der Waals surface area contributed by atoms with Crippen molar-refractivity contribution in [3.05, 3.63) is 71.4 Å². The molecule has 39 heavy (non-hydrogen) atoms. The summed E-state index contributed by atoms with van der Waals surface area (Å²) in [4.78, 5) is 27.0. The molecule has 0 aliphatic carbocycles. The van der Waals surface area contributed by atoms with E-state index in [4.69, 9.17) is 4.74 Å². The number of benzene rings is 2. The van der Waals surface area contributed by atoms with Crippen molar-refractivity contribution in [3.63, 3.8) is 0 Å². The van der Waals surface area contributed by atoms with E-state index in [-0.39, 0.29) is 16.9 Å². The van der Waals surface area contributed by atoms with Crippen LogP contribution in [0.5, 0.6) is 5.75 Å². The van der Waals surface area contributed by atoms with Gasteiger partial charge in [0.1, 0.15) is 11.6 Å². The van der Waals surface area contributed by atoms with Crippen LogP contribution in [-0.4, -0.2) is 67.2 Å². The Balaban J connectivity index is 1.28. The van der Waals surface area contributed by atoms with Gasteiger partial charge in [-0.1, -0.05) is 23.9 Å². The zero-order chi connectivity index (χ0) is 27.4. The first-order chi connectivity index (χ1) is 18.8. The average Bonchev–Trinajstić information content (AvgIpc) is 3.51.